The smallest absolute Gasteiger partial charge is 0.416 e. The van der Waals surface area contributed by atoms with Crippen LogP contribution in [0.25, 0.3) is 11.0 Å². The first-order valence-electron chi connectivity index (χ1n) is 11.9. The van der Waals surface area contributed by atoms with E-state index in [1.165, 1.54) is 18.5 Å². The molecule has 212 valence electrons. The summed E-state index contributed by atoms with van der Waals surface area (Å²) in [5, 5.41) is 6.05. The number of hydrogen-bond acceptors (Lipinski definition) is 7. The molecule has 0 radical (unpaired) electrons. The van der Waals surface area contributed by atoms with Gasteiger partial charge in [-0.2, -0.15) is 13.2 Å². The molecular formula is C26H25ClF3N5O4S. The molecule has 0 saturated heterocycles. The molecule has 4 rings (SSSR count). The van der Waals surface area contributed by atoms with Gasteiger partial charge in [-0.15, -0.1) is 0 Å². The van der Waals surface area contributed by atoms with E-state index in [1.807, 2.05) is 4.57 Å². The SMILES string of the molecule is CC(Cn1ccc2ncnc(NC3=CC(Cl)=C(Oc4cccc(C(F)(F)F)c4)CC=C3)c21)NC(=O)CS(C)(=O)=O. The van der Waals surface area contributed by atoms with E-state index in [0.29, 0.717) is 29.1 Å². The van der Waals surface area contributed by atoms with Crippen LogP contribution in [0, 0.1) is 0 Å². The van der Waals surface area contributed by atoms with Gasteiger partial charge in [0.2, 0.25) is 5.91 Å². The Labute approximate surface area is 233 Å². The van der Waals surface area contributed by atoms with Crippen molar-refractivity contribution in [2.24, 2.45) is 0 Å². The lowest BCUT2D eigenvalue weighted by atomic mass is 10.2. The number of rotatable bonds is 9. The highest BCUT2D eigenvalue weighted by Crippen LogP contribution is 2.33. The van der Waals surface area contributed by atoms with Crippen LogP contribution in [0.1, 0.15) is 18.9 Å². The zero-order valence-corrected chi connectivity index (χ0v) is 22.9. The van der Waals surface area contributed by atoms with Gasteiger partial charge in [0.25, 0.3) is 0 Å². The zero-order valence-electron chi connectivity index (χ0n) is 21.4. The number of aromatic nitrogens is 3. The second kappa shape index (κ2) is 11.7. The van der Waals surface area contributed by atoms with Crippen LogP contribution < -0.4 is 15.4 Å². The van der Waals surface area contributed by atoms with Crippen LogP contribution >= 0.6 is 11.6 Å². The number of alkyl halides is 3. The van der Waals surface area contributed by atoms with Crippen molar-refractivity contribution in [1.82, 2.24) is 19.9 Å². The maximum atomic E-state index is 13.1. The quantitative estimate of drug-likeness (QED) is 0.366. The van der Waals surface area contributed by atoms with Crippen LogP contribution in [0.3, 0.4) is 0 Å². The number of hydrogen-bond donors (Lipinski definition) is 2. The Balaban J connectivity index is 1.54. The number of carbonyl (C=O) groups excluding carboxylic acids is 1. The highest BCUT2D eigenvalue weighted by atomic mass is 35.5. The fourth-order valence-electron chi connectivity index (χ4n) is 4.01. The average molecular weight is 596 g/mol. The molecule has 0 aliphatic heterocycles. The second-order valence-corrected chi connectivity index (χ2v) is 11.7. The number of halogens is 4. The van der Waals surface area contributed by atoms with Gasteiger partial charge in [-0.1, -0.05) is 23.7 Å². The molecule has 1 aliphatic carbocycles. The third kappa shape index (κ3) is 7.63. The summed E-state index contributed by atoms with van der Waals surface area (Å²) in [6, 6.07) is 5.92. The topological polar surface area (TPSA) is 115 Å². The highest BCUT2D eigenvalue weighted by molar-refractivity contribution is 7.91. The van der Waals surface area contributed by atoms with E-state index in [-0.39, 0.29) is 23.0 Å². The molecule has 0 spiro atoms. The monoisotopic (exact) mass is 595 g/mol. The summed E-state index contributed by atoms with van der Waals surface area (Å²) in [4.78, 5) is 20.6. The number of nitrogens with zero attached hydrogens (tertiary/aromatic N) is 3. The fraction of sp³-hybridized carbons (Fsp3) is 0.269. The molecule has 3 aromatic rings. The molecule has 1 amide bonds. The summed E-state index contributed by atoms with van der Waals surface area (Å²) in [7, 11) is -3.46. The van der Waals surface area contributed by atoms with Crippen molar-refractivity contribution in [2.75, 3.05) is 17.3 Å². The minimum atomic E-state index is -4.50. The van der Waals surface area contributed by atoms with Crippen molar-refractivity contribution >= 4 is 44.2 Å². The molecule has 2 heterocycles. The molecule has 1 aromatic carbocycles. The molecule has 2 aromatic heterocycles. The molecule has 1 aliphatic rings. The van der Waals surface area contributed by atoms with Gasteiger partial charge in [0, 0.05) is 37.2 Å². The number of benzene rings is 1. The van der Waals surface area contributed by atoms with E-state index >= 15 is 0 Å². The van der Waals surface area contributed by atoms with Crippen LogP contribution in [0.2, 0.25) is 0 Å². The van der Waals surface area contributed by atoms with E-state index in [0.717, 1.165) is 18.4 Å². The Bertz CT molecular complexity index is 1630. The summed E-state index contributed by atoms with van der Waals surface area (Å²) in [6.45, 7) is 2.06. The summed E-state index contributed by atoms with van der Waals surface area (Å²) < 4.78 is 69.5. The number of carbonyl (C=O) groups is 1. The molecule has 0 saturated carbocycles. The Morgan fingerprint density at radius 3 is 2.75 bits per heavy atom. The van der Waals surface area contributed by atoms with Crippen molar-refractivity contribution < 1.29 is 31.1 Å². The van der Waals surface area contributed by atoms with Crippen LogP contribution in [-0.4, -0.2) is 46.9 Å². The van der Waals surface area contributed by atoms with Gasteiger partial charge in [-0.3, -0.25) is 4.79 Å². The van der Waals surface area contributed by atoms with Gasteiger partial charge in [0.1, 0.15) is 29.1 Å². The Morgan fingerprint density at radius 1 is 1.25 bits per heavy atom. The zero-order chi connectivity index (χ0) is 29.1. The predicted octanol–water partition coefficient (Wildman–Crippen LogP) is 4.78. The average Bonchev–Trinajstić information content (AvgIpc) is 3.16. The molecular weight excluding hydrogens is 571 g/mol. The number of allylic oxidation sites excluding steroid dienone is 4. The standard InChI is InChI=1S/C26H25ClF3N5O4S/c1-16(33-23(36)14-40(2,37)38)13-35-10-9-21-24(35)25(32-15-31-21)34-18-6-4-8-22(20(27)12-18)39-19-7-3-5-17(11-19)26(28,29)30/h3-7,9-12,15-16H,8,13-14H2,1-2H3,(H,33,36)(H,31,32,34). The van der Waals surface area contributed by atoms with Crippen LogP contribution in [0.5, 0.6) is 5.75 Å². The highest BCUT2D eigenvalue weighted by Gasteiger charge is 2.30. The van der Waals surface area contributed by atoms with Gasteiger partial charge in [0.15, 0.2) is 15.7 Å². The second-order valence-electron chi connectivity index (χ2n) is 9.19. The number of sulfone groups is 1. The van der Waals surface area contributed by atoms with Crippen LogP contribution in [0.15, 0.2) is 77.6 Å². The number of amides is 1. The largest absolute Gasteiger partial charge is 0.460 e. The fourth-order valence-corrected chi connectivity index (χ4v) is 4.80. The predicted molar refractivity (Wildman–Crippen MR) is 145 cm³/mol. The number of fused-ring (bicyclic) bond motifs is 1. The molecule has 14 heteroatoms. The normalized spacial score (nSPS) is 15.0. The lowest BCUT2D eigenvalue weighted by molar-refractivity contribution is -0.137. The van der Waals surface area contributed by atoms with E-state index < -0.39 is 39.3 Å². The van der Waals surface area contributed by atoms with Crippen molar-refractivity contribution in [1.29, 1.82) is 0 Å². The van der Waals surface area contributed by atoms with Crippen molar-refractivity contribution in [2.45, 2.75) is 32.1 Å². The maximum Gasteiger partial charge on any atom is 0.416 e. The van der Waals surface area contributed by atoms with Crippen molar-refractivity contribution in [3.63, 3.8) is 0 Å². The molecule has 2 N–H and O–H groups in total. The number of anilines is 1. The molecule has 0 fully saturated rings. The van der Waals surface area contributed by atoms with E-state index in [1.54, 1.807) is 37.4 Å². The van der Waals surface area contributed by atoms with Gasteiger partial charge in [-0.25, -0.2) is 18.4 Å². The van der Waals surface area contributed by atoms with E-state index in [2.05, 4.69) is 20.6 Å². The van der Waals surface area contributed by atoms with E-state index in [9.17, 15) is 26.4 Å². The number of nitrogens with one attached hydrogen (secondary N) is 2. The summed E-state index contributed by atoms with van der Waals surface area (Å²) in [6.07, 6.45) is 4.93. The summed E-state index contributed by atoms with van der Waals surface area (Å²) in [5.74, 6) is -0.488. The lowest BCUT2D eigenvalue weighted by Gasteiger charge is -2.16. The minimum absolute atomic E-state index is 0.00858. The first-order chi connectivity index (χ1) is 18.8. The van der Waals surface area contributed by atoms with Gasteiger partial charge in [0.05, 0.1) is 16.1 Å². The summed E-state index contributed by atoms with van der Waals surface area (Å²) in [5.41, 5.74) is 0.963. The lowest BCUT2D eigenvalue weighted by Crippen LogP contribution is -2.38. The molecule has 40 heavy (non-hydrogen) atoms. The Kier molecular flexibility index (Phi) is 8.54. The van der Waals surface area contributed by atoms with Crippen LogP contribution in [0.4, 0.5) is 19.0 Å². The minimum Gasteiger partial charge on any atom is -0.460 e. The van der Waals surface area contributed by atoms with Crippen molar-refractivity contribution in [3.05, 3.63) is 83.1 Å². The maximum absolute atomic E-state index is 13.1. The molecule has 0 bridgehead atoms. The molecule has 1 atom stereocenters. The molecule has 1 unspecified atom stereocenters. The van der Waals surface area contributed by atoms with Gasteiger partial charge < -0.3 is 19.9 Å². The Morgan fingerprint density at radius 2 is 2.02 bits per heavy atom. The third-order valence-electron chi connectivity index (χ3n) is 5.64. The first-order valence-corrected chi connectivity index (χ1v) is 14.4. The van der Waals surface area contributed by atoms with Crippen molar-refractivity contribution in [3.8, 4) is 5.75 Å². The summed E-state index contributed by atoms with van der Waals surface area (Å²) >= 11 is 6.47. The number of ether oxygens (including phenoxy) is 1. The first kappa shape index (κ1) is 29.2. The van der Waals surface area contributed by atoms with Crippen LogP contribution in [-0.2, 0) is 27.4 Å². The van der Waals surface area contributed by atoms with Gasteiger partial charge in [-0.05, 0) is 43.3 Å². The molecule has 9 nitrogen and oxygen atoms in total. The third-order valence-corrected chi connectivity index (χ3v) is 6.74. The van der Waals surface area contributed by atoms with Gasteiger partial charge >= 0.3 is 6.18 Å². The van der Waals surface area contributed by atoms with E-state index in [4.69, 9.17) is 16.3 Å². The Hall–Kier alpha value is -3.84.